The fraction of sp³-hybridized carbons (Fsp3) is 0.0787. The summed E-state index contributed by atoms with van der Waals surface area (Å²) in [5.74, 6) is 0. The molecule has 0 spiro atoms. The van der Waals surface area contributed by atoms with Crippen molar-refractivity contribution in [3.05, 3.63) is 354 Å². The topological polar surface area (TPSA) is 9.72 Å². The van der Waals surface area contributed by atoms with Gasteiger partial charge in [-0.25, -0.2) is 0 Å². The van der Waals surface area contributed by atoms with Gasteiger partial charge in [0.05, 0.1) is 0 Å². The molecular formula is C89H67N3. The lowest BCUT2D eigenvalue weighted by molar-refractivity contribution is 0.660. The summed E-state index contributed by atoms with van der Waals surface area (Å²) in [5.41, 5.74) is 25.4. The highest BCUT2D eigenvalue weighted by Crippen LogP contribution is 2.57. The zero-order valence-corrected chi connectivity index (χ0v) is 52.4. The van der Waals surface area contributed by atoms with E-state index in [1.807, 2.05) is 0 Å². The first kappa shape index (κ1) is 54.9. The van der Waals surface area contributed by atoms with Crippen LogP contribution in [0.25, 0.3) is 76.5 Å². The lowest BCUT2D eigenvalue weighted by Gasteiger charge is -2.32. The molecule has 92 heavy (non-hydrogen) atoms. The monoisotopic (exact) mass is 1180 g/mol. The number of anilines is 9. The van der Waals surface area contributed by atoms with Gasteiger partial charge in [0, 0.05) is 62.0 Å². The third-order valence-electron chi connectivity index (χ3n) is 20.1. The minimum absolute atomic E-state index is 0.176. The Morgan fingerprint density at radius 1 is 0.239 bits per heavy atom. The van der Waals surface area contributed by atoms with E-state index in [0.29, 0.717) is 0 Å². The average molecular weight is 1180 g/mol. The number of nitrogens with zero attached hydrogens (tertiary/aromatic N) is 3. The summed E-state index contributed by atoms with van der Waals surface area (Å²) in [4.78, 5) is 7.41. The fourth-order valence-corrected chi connectivity index (χ4v) is 15.7. The molecule has 0 saturated carbocycles. The Labute approximate surface area is 539 Å². The Hall–Kier alpha value is -11.3. The maximum absolute atomic E-state index is 2.51. The predicted molar refractivity (Wildman–Crippen MR) is 390 cm³/mol. The van der Waals surface area contributed by atoms with Crippen LogP contribution in [0, 0.1) is 13.8 Å². The summed E-state index contributed by atoms with van der Waals surface area (Å²) in [6.07, 6.45) is 0. The van der Waals surface area contributed by atoms with Crippen LogP contribution in [0.5, 0.6) is 0 Å². The van der Waals surface area contributed by atoms with E-state index in [2.05, 4.69) is 365 Å². The number of fused-ring (bicyclic) bond motifs is 14. The van der Waals surface area contributed by atoms with Gasteiger partial charge in [-0.1, -0.05) is 226 Å². The van der Waals surface area contributed by atoms with Gasteiger partial charge in [-0.3, -0.25) is 0 Å². The Morgan fingerprint density at radius 2 is 0.717 bits per heavy atom. The van der Waals surface area contributed by atoms with Crippen molar-refractivity contribution in [2.75, 3.05) is 14.7 Å². The van der Waals surface area contributed by atoms with Crippen LogP contribution in [-0.2, 0) is 10.8 Å². The lowest BCUT2D eigenvalue weighted by atomic mass is 9.73. The Balaban J connectivity index is 0.913. The molecule has 1 unspecified atom stereocenters. The molecular weight excluding hydrogens is 1110 g/mol. The zero-order valence-electron chi connectivity index (χ0n) is 52.4. The molecule has 0 saturated heterocycles. The van der Waals surface area contributed by atoms with Crippen LogP contribution < -0.4 is 14.7 Å². The molecule has 2 aliphatic rings. The fourth-order valence-electron chi connectivity index (χ4n) is 15.7. The van der Waals surface area contributed by atoms with Crippen LogP contribution in [0.1, 0.15) is 59.7 Å². The van der Waals surface area contributed by atoms with E-state index in [1.165, 1.54) is 98.7 Å². The van der Waals surface area contributed by atoms with E-state index in [4.69, 9.17) is 0 Å². The summed E-state index contributed by atoms with van der Waals surface area (Å²) in [5, 5.41) is 9.97. The van der Waals surface area contributed by atoms with Gasteiger partial charge in [0.15, 0.2) is 0 Å². The summed E-state index contributed by atoms with van der Waals surface area (Å²) < 4.78 is 0. The first-order valence-electron chi connectivity index (χ1n) is 32.2. The van der Waals surface area contributed by atoms with E-state index in [-0.39, 0.29) is 5.41 Å². The quantitative estimate of drug-likeness (QED) is 0.120. The largest absolute Gasteiger partial charge is 0.310 e. The minimum atomic E-state index is -0.434. The van der Waals surface area contributed by atoms with Crippen LogP contribution in [0.2, 0.25) is 0 Å². The normalized spacial score (nSPS) is 14.3. The Bertz CT molecular complexity index is 5400. The van der Waals surface area contributed by atoms with Gasteiger partial charge in [0.2, 0.25) is 0 Å². The molecule has 2 aliphatic carbocycles. The Kier molecular flexibility index (Phi) is 12.8. The SMILES string of the molecule is Cc1cccc(N(c2cc(C)cc(N(c3ccccc3)c3cc(-c4ccc5c(c4)C(C)(c4ccccc4)c4ccc6ccccc6c4-5)cc(N(c4ccccc4)c4ccc5c6ccccc6c6ccccc6c5c4)c3)c2)c2ccc3c(c2)C(C)(C)c2ccccc2-3)c1. The molecule has 0 heterocycles. The van der Waals surface area contributed by atoms with Crippen molar-refractivity contribution in [2.24, 2.45) is 0 Å². The first-order chi connectivity index (χ1) is 45.1. The summed E-state index contributed by atoms with van der Waals surface area (Å²) in [6, 6.07) is 118. The highest BCUT2D eigenvalue weighted by Gasteiger charge is 2.42. The first-order valence-corrected chi connectivity index (χ1v) is 32.2. The number of hydrogen-bond donors (Lipinski definition) is 0. The minimum Gasteiger partial charge on any atom is -0.310 e. The molecule has 15 aromatic rings. The third-order valence-corrected chi connectivity index (χ3v) is 20.1. The molecule has 15 aromatic carbocycles. The second-order valence-electron chi connectivity index (χ2n) is 26.0. The van der Waals surface area contributed by atoms with Crippen molar-refractivity contribution in [3.63, 3.8) is 0 Å². The molecule has 0 bridgehead atoms. The van der Waals surface area contributed by atoms with Crippen molar-refractivity contribution < 1.29 is 0 Å². The van der Waals surface area contributed by atoms with Crippen molar-refractivity contribution in [3.8, 4) is 33.4 Å². The van der Waals surface area contributed by atoms with Crippen LogP contribution in [0.4, 0.5) is 51.2 Å². The Morgan fingerprint density at radius 3 is 1.38 bits per heavy atom. The molecule has 1 atom stereocenters. The van der Waals surface area contributed by atoms with Crippen LogP contribution in [0.3, 0.4) is 0 Å². The molecule has 3 heteroatoms. The maximum atomic E-state index is 2.51. The molecule has 17 rings (SSSR count). The molecule has 0 fully saturated rings. The molecule has 0 aromatic heterocycles. The van der Waals surface area contributed by atoms with Crippen LogP contribution >= 0.6 is 0 Å². The standard InChI is InChI=1S/C89H67N3/c1-58-24-23-32-66(48-58)92(68-43-46-80-79-38-21-22-39-83(79)88(3,4)85(80)57-68)70-50-59(2)49-69(54-70)91(65-30-13-8-14-31-65)72-52-62(61-40-44-81-86(53-61)89(5,63-26-9-6-10-27-63)84-47-41-60-25-15-16-33-73(60)87(81)84)51-71(55-72)90(64-28-11-7-12-29-64)67-42-45-78-76-36-18-17-34-74(76)75-35-19-20-37-77(75)82(78)56-67/h6-57H,1-5H3. The number of aryl methyl sites for hydroxylation is 2. The summed E-state index contributed by atoms with van der Waals surface area (Å²) in [6.45, 7) is 11.6. The van der Waals surface area contributed by atoms with Crippen molar-refractivity contribution in [2.45, 2.75) is 45.4 Å². The van der Waals surface area contributed by atoms with E-state index in [9.17, 15) is 0 Å². The van der Waals surface area contributed by atoms with E-state index in [0.717, 1.165) is 67.9 Å². The number of rotatable bonds is 11. The van der Waals surface area contributed by atoms with Crippen LogP contribution in [-0.4, -0.2) is 0 Å². The highest BCUT2D eigenvalue weighted by atomic mass is 15.2. The van der Waals surface area contributed by atoms with Gasteiger partial charge < -0.3 is 14.7 Å². The molecule has 0 amide bonds. The predicted octanol–water partition coefficient (Wildman–Crippen LogP) is 24.6. The van der Waals surface area contributed by atoms with Crippen LogP contribution in [0.15, 0.2) is 315 Å². The molecule has 3 nitrogen and oxygen atoms in total. The number of hydrogen-bond acceptors (Lipinski definition) is 3. The molecule has 0 aliphatic heterocycles. The van der Waals surface area contributed by atoms with Crippen molar-refractivity contribution in [1.82, 2.24) is 0 Å². The molecule has 0 radical (unpaired) electrons. The van der Waals surface area contributed by atoms with Crippen molar-refractivity contribution in [1.29, 1.82) is 0 Å². The average Bonchev–Trinajstić information content (AvgIpc) is 1.50. The molecule has 0 N–H and O–H groups in total. The van der Waals surface area contributed by atoms with Gasteiger partial charge in [-0.15, -0.1) is 0 Å². The number of para-hydroxylation sites is 2. The van der Waals surface area contributed by atoms with E-state index in [1.54, 1.807) is 0 Å². The van der Waals surface area contributed by atoms with Gasteiger partial charge in [-0.05, 0) is 239 Å². The zero-order chi connectivity index (χ0) is 61.8. The van der Waals surface area contributed by atoms with Gasteiger partial charge in [0.25, 0.3) is 0 Å². The smallest absolute Gasteiger partial charge is 0.0488 e. The van der Waals surface area contributed by atoms with E-state index >= 15 is 0 Å². The highest BCUT2D eigenvalue weighted by molar-refractivity contribution is 6.26. The van der Waals surface area contributed by atoms with Gasteiger partial charge in [-0.2, -0.15) is 0 Å². The van der Waals surface area contributed by atoms with Gasteiger partial charge in [0.1, 0.15) is 0 Å². The van der Waals surface area contributed by atoms with Crippen molar-refractivity contribution >= 4 is 94.3 Å². The summed E-state index contributed by atoms with van der Waals surface area (Å²) in [7, 11) is 0. The molecule has 438 valence electrons. The van der Waals surface area contributed by atoms with Gasteiger partial charge >= 0.3 is 0 Å². The third kappa shape index (κ3) is 8.79. The second-order valence-corrected chi connectivity index (χ2v) is 26.0. The lowest BCUT2D eigenvalue weighted by Crippen LogP contribution is -2.22. The number of benzene rings is 15. The maximum Gasteiger partial charge on any atom is 0.0488 e. The van der Waals surface area contributed by atoms with E-state index < -0.39 is 5.41 Å². The summed E-state index contributed by atoms with van der Waals surface area (Å²) >= 11 is 0. The second kappa shape index (κ2) is 21.5.